The van der Waals surface area contributed by atoms with Gasteiger partial charge in [-0.15, -0.1) is 12.4 Å². The highest BCUT2D eigenvalue weighted by molar-refractivity contribution is 5.85. The number of benzene rings is 1. The predicted molar refractivity (Wildman–Crippen MR) is 47.6 cm³/mol. The van der Waals surface area contributed by atoms with E-state index in [1.807, 2.05) is 18.2 Å². The van der Waals surface area contributed by atoms with Gasteiger partial charge in [-0.05, 0) is 18.5 Å². The first kappa shape index (κ1) is 9.47. The molecule has 2 heteroatoms. The molecule has 0 aromatic heterocycles. The summed E-state index contributed by atoms with van der Waals surface area (Å²) in [6.07, 6.45) is 0.987. The molecule has 0 unspecified atom stereocenters. The number of nitrogens with two attached hydrogens (primary N) is 1. The molecule has 10 heavy (non-hydrogen) atoms. The minimum absolute atomic E-state index is 0. The minimum Gasteiger partial charge on any atom is -0.330 e. The van der Waals surface area contributed by atoms with Crippen LogP contribution in [0.3, 0.4) is 0 Å². The van der Waals surface area contributed by atoms with Gasteiger partial charge in [0.05, 0.1) is 0 Å². The lowest BCUT2D eigenvalue weighted by atomic mass is 10.2. The van der Waals surface area contributed by atoms with E-state index in [1.165, 1.54) is 5.56 Å². The molecule has 0 bridgehead atoms. The Morgan fingerprint density at radius 3 is 2.30 bits per heavy atom. The molecule has 0 saturated carbocycles. The van der Waals surface area contributed by atoms with Gasteiger partial charge in [-0.25, -0.2) is 0 Å². The highest BCUT2D eigenvalue weighted by atomic mass is 35.5. The Bertz CT molecular complexity index is 167. The molecule has 0 fully saturated rings. The second-order valence-corrected chi connectivity index (χ2v) is 2.02. The molecule has 56 valence electrons. The SMILES string of the molecule is Cl.NCCc1ccccc1.[H+]. The van der Waals surface area contributed by atoms with Crippen molar-refractivity contribution in [3.63, 3.8) is 0 Å². The average molecular weight is 159 g/mol. The molecule has 0 aliphatic carbocycles. The van der Waals surface area contributed by atoms with E-state index in [0.717, 1.165) is 13.0 Å². The maximum atomic E-state index is 5.36. The Morgan fingerprint density at radius 2 is 1.80 bits per heavy atom. The van der Waals surface area contributed by atoms with Crippen LogP contribution in [0.4, 0.5) is 0 Å². The van der Waals surface area contributed by atoms with Crippen molar-refractivity contribution in [2.24, 2.45) is 5.73 Å². The third-order valence-electron chi connectivity index (χ3n) is 1.28. The van der Waals surface area contributed by atoms with E-state index in [1.54, 1.807) is 0 Å². The fourth-order valence-electron chi connectivity index (χ4n) is 0.811. The maximum Gasteiger partial charge on any atom is 1.00 e. The number of halogens is 1. The Balaban J connectivity index is 0. The van der Waals surface area contributed by atoms with Crippen molar-refractivity contribution in [3.8, 4) is 0 Å². The summed E-state index contributed by atoms with van der Waals surface area (Å²) in [7, 11) is 0. The van der Waals surface area contributed by atoms with Gasteiger partial charge in [-0.3, -0.25) is 0 Å². The molecule has 0 spiro atoms. The highest BCUT2D eigenvalue weighted by Crippen LogP contribution is 1.96. The number of hydrogen-bond acceptors (Lipinski definition) is 1. The zero-order valence-electron chi connectivity index (χ0n) is 6.79. The van der Waals surface area contributed by atoms with Crippen LogP contribution in [-0.2, 0) is 6.42 Å². The van der Waals surface area contributed by atoms with Crippen molar-refractivity contribution in [3.05, 3.63) is 35.9 Å². The summed E-state index contributed by atoms with van der Waals surface area (Å²) in [5, 5.41) is 0. The highest BCUT2D eigenvalue weighted by Gasteiger charge is 1.84. The second-order valence-electron chi connectivity index (χ2n) is 2.02. The molecule has 0 atom stereocenters. The standard InChI is InChI=1S/C8H11N.ClH/c9-7-6-8-4-2-1-3-5-8;/h1-5H,6-7,9H2;1H/p+1. The molecule has 0 saturated heterocycles. The first-order chi connectivity index (χ1) is 4.43. The van der Waals surface area contributed by atoms with Crippen molar-refractivity contribution < 1.29 is 1.43 Å². The fraction of sp³-hybridized carbons (Fsp3) is 0.250. The molecule has 1 aromatic rings. The Kier molecular flexibility index (Phi) is 4.99. The van der Waals surface area contributed by atoms with Gasteiger partial charge < -0.3 is 5.73 Å². The largest absolute Gasteiger partial charge is 1.00 e. The third-order valence-corrected chi connectivity index (χ3v) is 1.28. The third kappa shape index (κ3) is 2.85. The molecule has 1 nitrogen and oxygen atoms in total. The molecule has 0 heterocycles. The van der Waals surface area contributed by atoms with Crippen molar-refractivity contribution in [2.75, 3.05) is 6.54 Å². The normalized spacial score (nSPS) is 8.50. The van der Waals surface area contributed by atoms with Crippen LogP contribution >= 0.6 is 12.4 Å². The van der Waals surface area contributed by atoms with Crippen LogP contribution in [0.1, 0.15) is 6.99 Å². The topological polar surface area (TPSA) is 26.0 Å². The van der Waals surface area contributed by atoms with E-state index in [-0.39, 0.29) is 13.8 Å². The molecule has 1 aromatic carbocycles. The van der Waals surface area contributed by atoms with Crippen LogP contribution in [-0.4, -0.2) is 6.54 Å². The second kappa shape index (κ2) is 5.27. The molecular weight excluding hydrogens is 146 g/mol. The van der Waals surface area contributed by atoms with Gasteiger partial charge >= 0.3 is 1.43 Å². The lowest BCUT2D eigenvalue weighted by molar-refractivity contribution is 0.969. The summed E-state index contributed by atoms with van der Waals surface area (Å²) >= 11 is 0. The van der Waals surface area contributed by atoms with Crippen molar-refractivity contribution in [2.45, 2.75) is 6.42 Å². The zero-order chi connectivity index (χ0) is 6.53. The first-order valence-electron chi connectivity index (χ1n) is 3.17. The number of hydrogen-bond donors (Lipinski definition) is 1. The summed E-state index contributed by atoms with van der Waals surface area (Å²) in [5.41, 5.74) is 6.68. The smallest absolute Gasteiger partial charge is 0.330 e. The Labute approximate surface area is 69.1 Å². The van der Waals surface area contributed by atoms with E-state index in [0.29, 0.717) is 0 Å². The van der Waals surface area contributed by atoms with Crippen LogP contribution in [0.2, 0.25) is 0 Å². The first-order valence-corrected chi connectivity index (χ1v) is 3.17. The van der Waals surface area contributed by atoms with Crippen molar-refractivity contribution in [1.82, 2.24) is 0 Å². The van der Waals surface area contributed by atoms with E-state index < -0.39 is 0 Å². The predicted octanol–water partition coefficient (Wildman–Crippen LogP) is 1.72. The number of rotatable bonds is 2. The minimum atomic E-state index is 0. The Hall–Kier alpha value is -0.530. The average Bonchev–Trinajstić information content (AvgIpc) is 1.91. The van der Waals surface area contributed by atoms with Crippen LogP contribution in [0.25, 0.3) is 0 Å². The lowest BCUT2D eigenvalue weighted by Gasteiger charge is -1.93. The molecular formula is C8H13ClN+. The van der Waals surface area contributed by atoms with Gasteiger partial charge in [0.2, 0.25) is 0 Å². The van der Waals surface area contributed by atoms with Gasteiger partial charge in [0, 0.05) is 0 Å². The molecule has 0 amide bonds. The van der Waals surface area contributed by atoms with Crippen molar-refractivity contribution >= 4 is 12.4 Å². The summed E-state index contributed by atoms with van der Waals surface area (Å²) < 4.78 is 0. The van der Waals surface area contributed by atoms with Gasteiger partial charge in [0.1, 0.15) is 0 Å². The summed E-state index contributed by atoms with van der Waals surface area (Å²) in [6.45, 7) is 0.740. The van der Waals surface area contributed by atoms with Gasteiger partial charge in [-0.2, -0.15) is 0 Å². The summed E-state index contributed by atoms with van der Waals surface area (Å²) in [4.78, 5) is 0. The lowest BCUT2D eigenvalue weighted by Crippen LogP contribution is -2.01. The van der Waals surface area contributed by atoms with E-state index in [2.05, 4.69) is 12.1 Å². The fourth-order valence-corrected chi connectivity index (χ4v) is 0.811. The molecule has 1 rings (SSSR count). The van der Waals surface area contributed by atoms with Crippen LogP contribution in [0.5, 0.6) is 0 Å². The van der Waals surface area contributed by atoms with Gasteiger partial charge in [-0.1, -0.05) is 30.3 Å². The van der Waals surface area contributed by atoms with Crippen LogP contribution < -0.4 is 5.73 Å². The molecule has 0 aliphatic rings. The summed E-state index contributed by atoms with van der Waals surface area (Å²) in [5.74, 6) is 0. The Morgan fingerprint density at radius 1 is 1.20 bits per heavy atom. The van der Waals surface area contributed by atoms with Crippen molar-refractivity contribution in [1.29, 1.82) is 0 Å². The van der Waals surface area contributed by atoms with Gasteiger partial charge in [0.15, 0.2) is 0 Å². The molecule has 0 radical (unpaired) electrons. The van der Waals surface area contributed by atoms with Crippen LogP contribution in [0.15, 0.2) is 30.3 Å². The van der Waals surface area contributed by atoms with E-state index in [4.69, 9.17) is 5.73 Å². The quantitative estimate of drug-likeness (QED) is 0.697. The van der Waals surface area contributed by atoms with E-state index in [9.17, 15) is 0 Å². The van der Waals surface area contributed by atoms with E-state index >= 15 is 0 Å². The zero-order valence-corrected chi connectivity index (χ0v) is 6.60. The summed E-state index contributed by atoms with van der Waals surface area (Å²) in [6, 6.07) is 10.3. The van der Waals surface area contributed by atoms with Crippen LogP contribution in [0, 0.1) is 0 Å². The molecule has 0 aliphatic heterocycles. The molecule has 2 N–H and O–H groups in total. The monoisotopic (exact) mass is 158 g/mol. The van der Waals surface area contributed by atoms with Gasteiger partial charge in [0.25, 0.3) is 0 Å². The maximum absolute atomic E-state index is 5.36.